The molecule has 0 saturated carbocycles. The molecule has 1 amide bonds. The fraction of sp³-hybridized carbons (Fsp3) is 0.545. The van der Waals surface area contributed by atoms with Gasteiger partial charge in [0.2, 0.25) is 5.91 Å². The predicted molar refractivity (Wildman–Crippen MR) is 118 cm³/mol. The number of amides is 1. The Kier molecular flexibility index (Phi) is 7.27. The Bertz CT molecular complexity index is 813. The minimum absolute atomic E-state index is 0.0136. The number of carbonyl (C=O) groups excluding carboxylic acids is 1. The summed E-state index contributed by atoms with van der Waals surface area (Å²) in [7, 11) is 0. The Morgan fingerprint density at radius 2 is 2.00 bits per heavy atom. The number of thiazole rings is 1. The van der Waals surface area contributed by atoms with Crippen molar-refractivity contribution in [3.63, 3.8) is 0 Å². The summed E-state index contributed by atoms with van der Waals surface area (Å²) < 4.78 is 11.5. The highest BCUT2D eigenvalue weighted by Crippen LogP contribution is 2.32. The van der Waals surface area contributed by atoms with E-state index >= 15 is 0 Å². The molecule has 2 heterocycles. The Labute approximate surface area is 177 Å². The van der Waals surface area contributed by atoms with Gasteiger partial charge in [0.1, 0.15) is 5.75 Å². The molecule has 0 spiro atoms. The van der Waals surface area contributed by atoms with Crippen LogP contribution in [0.2, 0.25) is 0 Å². The lowest BCUT2D eigenvalue weighted by Crippen LogP contribution is -2.55. The van der Waals surface area contributed by atoms with Gasteiger partial charge < -0.3 is 14.8 Å². The number of nitrogens with one attached hydrogen (secondary N) is 1. The number of rotatable bonds is 7. The fourth-order valence-electron chi connectivity index (χ4n) is 3.93. The normalized spacial score (nSPS) is 21.2. The first-order valence-electron chi connectivity index (χ1n) is 10.3. The lowest BCUT2D eigenvalue weighted by Gasteiger charge is -2.40. The lowest BCUT2D eigenvalue weighted by molar-refractivity contribution is -0.130. The molecular weight excluding hydrogens is 386 g/mol. The Morgan fingerprint density at radius 3 is 2.66 bits per heavy atom. The lowest BCUT2D eigenvalue weighted by atomic mass is 10.00. The zero-order valence-electron chi connectivity index (χ0n) is 17.8. The second-order valence-electron chi connectivity index (χ2n) is 7.86. The molecule has 1 aliphatic heterocycles. The Hall–Kier alpha value is -1.96. The third kappa shape index (κ3) is 5.35. The van der Waals surface area contributed by atoms with Gasteiger partial charge in [-0.15, -0.1) is 11.3 Å². The topological polar surface area (TPSA) is 63.7 Å². The van der Waals surface area contributed by atoms with E-state index in [1.54, 1.807) is 0 Å². The fourth-order valence-corrected chi connectivity index (χ4v) is 4.64. The zero-order chi connectivity index (χ0) is 21.0. The summed E-state index contributed by atoms with van der Waals surface area (Å²) in [6.07, 6.45) is 0.240. The van der Waals surface area contributed by atoms with Crippen LogP contribution in [-0.4, -0.2) is 53.7 Å². The van der Waals surface area contributed by atoms with Crippen LogP contribution in [0.4, 0.5) is 5.13 Å². The molecule has 158 valence electrons. The SMILES string of the molecule is CCOc1ccccc1-c1csc(NC(=O)C(C(C)C)N2CC(C)OC(C)C2)n1. The number of morpholine rings is 1. The molecule has 3 rings (SSSR count). The molecule has 6 nitrogen and oxygen atoms in total. The van der Waals surface area contributed by atoms with Crippen molar-refractivity contribution in [2.45, 2.75) is 52.9 Å². The molecule has 1 N–H and O–H groups in total. The first-order chi connectivity index (χ1) is 13.9. The smallest absolute Gasteiger partial charge is 0.243 e. The molecule has 0 radical (unpaired) electrons. The summed E-state index contributed by atoms with van der Waals surface area (Å²) in [5, 5.41) is 5.60. The first kappa shape index (κ1) is 21.7. The van der Waals surface area contributed by atoms with Crippen LogP contribution < -0.4 is 10.1 Å². The standard InChI is InChI=1S/C22H31N3O3S/c1-6-27-19-10-8-7-9-17(19)18-13-29-22(23-18)24-21(26)20(14(2)3)25-11-15(4)28-16(5)12-25/h7-10,13-16,20H,6,11-12H2,1-5H3,(H,23,24,26). The van der Waals surface area contributed by atoms with Crippen LogP contribution in [-0.2, 0) is 9.53 Å². The van der Waals surface area contributed by atoms with Gasteiger partial charge in [0.05, 0.1) is 30.6 Å². The van der Waals surface area contributed by atoms with Crippen LogP contribution in [0.1, 0.15) is 34.6 Å². The Morgan fingerprint density at radius 1 is 1.31 bits per heavy atom. The number of benzene rings is 1. The van der Waals surface area contributed by atoms with Gasteiger partial charge in [-0.1, -0.05) is 26.0 Å². The van der Waals surface area contributed by atoms with E-state index in [1.807, 2.05) is 36.6 Å². The van der Waals surface area contributed by atoms with Crippen LogP contribution in [0.15, 0.2) is 29.6 Å². The molecule has 1 saturated heterocycles. The maximum Gasteiger partial charge on any atom is 0.243 e. The number of para-hydroxylation sites is 1. The number of nitrogens with zero attached hydrogens (tertiary/aromatic N) is 2. The summed E-state index contributed by atoms with van der Waals surface area (Å²) in [6, 6.07) is 7.61. The summed E-state index contributed by atoms with van der Waals surface area (Å²) in [6.45, 7) is 12.3. The van der Waals surface area contributed by atoms with Gasteiger partial charge in [0.25, 0.3) is 0 Å². The maximum atomic E-state index is 13.1. The van der Waals surface area contributed by atoms with Gasteiger partial charge in [-0.25, -0.2) is 4.98 Å². The van der Waals surface area contributed by atoms with Crippen molar-refractivity contribution in [1.82, 2.24) is 9.88 Å². The molecule has 0 aliphatic carbocycles. The highest BCUT2D eigenvalue weighted by Gasteiger charge is 2.34. The van der Waals surface area contributed by atoms with Crippen LogP contribution in [0.5, 0.6) is 5.75 Å². The van der Waals surface area contributed by atoms with Gasteiger partial charge in [-0.05, 0) is 38.8 Å². The zero-order valence-corrected chi connectivity index (χ0v) is 18.7. The summed E-state index contributed by atoms with van der Waals surface area (Å²) in [5.41, 5.74) is 1.74. The van der Waals surface area contributed by atoms with Crippen LogP contribution in [0.3, 0.4) is 0 Å². The van der Waals surface area contributed by atoms with E-state index < -0.39 is 0 Å². The van der Waals surface area contributed by atoms with Crippen molar-refractivity contribution >= 4 is 22.4 Å². The minimum atomic E-state index is -0.216. The van der Waals surface area contributed by atoms with Crippen molar-refractivity contribution in [1.29, 1.82) is 0 Å². The Balaban J connectivity index is 1.75. The van der Waals surface area contributed by atoms with E-state index in [0.29, 0.717) is 11.7 Å². The van der Waals surface area contributed by atoms with Gasteiger partial charge in [-0.3, -0.25) is 9.69 Å². The first-order valence-corrected chi connectivity index (χ1v) is 11.1. The highest BCUT2D eigenvalue weighted by atomic mass is 32.1. The average molecular weight is 418 g/mol. The molecule has 1 aromatic carbocycles. The molecule has 3 atom stereocenters. The number of anilines is 1. The molecule has 1 aromatic heterocycles. The van der Waals surface area contributed by atoms with E-state index in [9.17, 15) is 4.79 Å². The van der Waals surface area contributed by atoms with Crippen molar-refractivity contribution in [3.8, 4) is 17.0 Å². The molecule has 3 unspecified atom stereocenters. The molecular formula is C22H31N3O3S. The third-order valence-electron chi connectivity index (χ3n) is 4.94. The van der Waals surface area contributed by atoms with Crippen LogP contribution in [0, 0.1) is 5.92 Å². The second kappa shape index (κ2) is 9.69. The van der Waals surface area contributed by atoms with E-state index in [4.69, 9.17) is 9.47 Å². The summed E-state index contributed by atoms with van der Waals surface area (Å²) in [4.78, 5) is 20.0. The summed E-state index contributed by atoms with van der Waals surface area (Å²) in [5.74, 6) is 0.973. The van der Waals surface area contributed by atoms with E-state index in [-0.39, 0.29) is 30.1 Å². The van der Waals surface area contributed by atoms with E-state index in [1.165, 1.54) is 11.3 Å². The molecule has 1 fully saturated rings. The second-order valence-corrected chi connectivity index (χ2v) is 8.71. The predicted octanol–water partition coefficient (Wildman–Crippen LogP) is 4.28. The summed E-state index contributed by atoms with van der Waals surface area (Å²) >= 11 is 1.43. The van der Waals surface area contributed by atoms with Crippen molar-refractivity contribution in [2.75, 3.05) is 25.0 Å². The molecule has 29 heavy (non-hydrogen) atoms. The van der Waals surface area contributed by atoms with Gasteiger partial charge >= 0.3 is 0 Å². The molecule has 1 aliphatic rings. The molecule has 2 aromatic rings. The largest absolute Gasteiger partial charge is 0.493 e. The van der Waals surface area contributed by atoms with E-state index in [2.05, 4.69) is 42.9 Å². The van der Waals surface area contributed by atoms with Crippen molar-refractivity contribution in [3.05, 3.63) is 29.6 Å². The van der Waals surface area contributed by atoms with Crippen LogP contribution in [0.25, 0.3) is 11.3 Å². The number of carbonyl (C=O) groups is 1. The quantitative estimate of drug-likeness (QED) is 0.728. The van der Waals surface area contributed by atoms with Gasteiger partial charge in [0.15, 0.2) is 5.13 Å². The van der Waals surface area contributed by atoms with Gasteiger partial charge in [0, 0.05) is 24.0 Å². The van der Waals surface area contributed by atoms with Crippen molar-refractivity contribution in [2.24, 2.45) is 5.92 Å². The third-order valence-corrected chi connectivity index (χ3v) is 5.70. The van der Waals surface area contributed by atoms with Gasteiger partial charge in [-0.2, -0.15) is 0 Å². The van der Waals surface area contributed by atoms with E-state index in [0.717, 1.165) is 30.1 Å². The number of hydrogen-bond donors (Lipinski definition) is 1. The number of hydrogen-bond acceptors (Lipinski definition) is 6. The number of ether oxygens (including phenoxy) is 2. The minimum Gasteiger partial charge on any atom is -0.493 e. The molecule has 0 bridgehead atoms. The maximum absolute atomic E-state index is 13.1. The molecule has 7 heteroatoms. The average Bonchev–Trinajstić information content (AvgIpc) is 3.09. The number of aromatic nitrogens is 1. The van der Waals surface area contributed by atoms with Crippen molar-refractivity contribution < 1.29 is 14.3 Å². The monoisotopic (exact) mass is 417 g/mol. The van der Waals surface area contributed by atoms with Crippen LogP contribution >= 0.6 is 11.3 Å². The highest BCUT2D eigenvalue weighted by molar-refractivity contribution is 7.14.